The molecule has 1 aliphatic rings. The first-order valence-electron chi connectivity index (χ1n) is 3.84. The van der Waals surface area contributed by atoms with E-state index in [0.29, 0.717) is 13.0 Å². The zero-order valence-electron chi connectivity index (χ0n) is 6.47. The van der Waals surface area contributed by atoms with Crippen LogP contribution in [0.2, 0.25) is 0 Å². The summed E-state index contributed by atoms with van der Waals surface area (Å²) in [6.45, 7) is 0.833. The minimum absolute atomic E-state index is 0.225. The average molecular weight is 245 g/mol. The molecule has 0 aromatic heterocycles. The standard InChI is InChI=1S/C7H11BrF2O2/c8-7(9,10)6(11)5-2-1-3-12-4-5/h5-6,11H,1-4H2. The molecule has 0 amide bonds. The van der Waals surface area contributed by atoms with Gasteiger partial charge in [-0.3, -0.25) is 0 Å². The zero-order chi connectivity index (χ0) is 9.19. The summed E-state index contributed by atoms with van der Waals surface area (Å²) in [4.78, 5) is -3.20. The number of alkyl halides is 3. The summed E-state index contributed by atoms with van der Waals surface area (Å²) in [6, 6.07) is 0. The predicted molar refractivity (Wildman–Crippen MR) is 43.4 cm³/mol. The second-order valence-corrected chi connectivity index (χ2v) is 4.02. The highest BCUT2D eigenvalue weighted by atomic mass is 79.9. The van der Waals surface area contributed by atoms with Crippen LogP contribution in [0.3, 0.4) is 0 Å². The van der Waals surface area contributed by atoms with Gasteiger partial charge >= 0.3 is 4.83 Å². The molecule has 5 heteroatoms. The molecule has 2 unspecified atom stereocenters. The summed E-state index contributed by atoms with van der Waals surface area (Å²) in [6.07, 6.45) is -0.300. The third-order valence-corrected chi connectivity index (χ3v) is 2.45. The van der Waals surface area contributed by atoms with Crippen LogP contribution in [-0.4, -0.2) is 29.3 Å². The highest BCUT2D eigenvalue weighted by Gasteiger charge is 2.41. The molecule has 1 saturated heterocycles. The molecular formula is C7H11BrF2O2. The first-order chi connectivity index (χ1) is 5.52. The van der Waals surface area contributed by atoms with Crippen LogP contribution in [0.15, 0.2) is 0 Å². The molecule has 1 heterocycles. The van der Waals surface area contributed by atoms with Gasteiger partial charge in [0.15, 0.2) is 0 Å². The van der Waals surface area contributed by atoms with Crippen molar-refractivity contribution in [3.63, 3.8) is 0 Å². The minimum atomic E-state index is -3.20. The van der Waals surface area contributed by atoms with Gasteiger partial charge in [-0.2, -0.15) is 8.78 Å². The van der Waals surface area contributed by atoms with Gasteiger partial charge < -0.3 is 9.84 Å². The van der Waals surface area contributed by atoms with Crippen LogP contribution < -0.4 is 0 Å². The number of ether oxygens (including phenoxy) is 1. The van der Waals surface area contributed by atoms with E-state index < -0.39 is 16.9 Å². The molecule has 0 spiro atoms. The lowest BCUT2D eigenvalue weighted by atomic mass is 9.96. The van der Waals surface area contributed by atoms with E-state index in [1.54, 1.807) is 0 Å². The fraction of sp³-hybridized carbons (Fsp3) is 1.00. The van der Waals surface area contributed by atoms with Crippen LogP contribution in [-0.2, 0) is 4.74 Å². The Morgan fingerprint density at radius 1 is 1.58 bits per heavy atom. The van der Waals surface area contributed by atoms with Crippen LogP contribution >= 0.6 is 15.9 Å². The van der Waals surface area contributed by atoms with Crippen molar-refractivity contribution in [1.82, 2.24) is 0 Å². The van der Waals surface area contributed by atoms with Crippen molar-refractivity contribution in [2.24, 2.45) is 5.92 Å². The van der Waals surface area contributed by atoms with E-state index in [-0.39, 0.29) is 6.61 Å². The van der Waals surface area contributed by atoms with Gasteiger partial charge in [0, 0.05) is 12.5 Å². The van der Waals surface area contributed by atoms with Crippen molar-refractivity contribution >= 4 is 15.9 Å². The van der Waals surface area contributed by atoms with Crippen molar-refractivity contribution in [3.8, 4) is 0 Å². The number of hydrogen-bond acceptors (Lipinski definition) is 2. The van der Waals surface area contributed by atoms with Gasteiger partial charge in [-0.1, -0.05) is 0 Å². The van der Waals surface area contributed by atoms with Gasteiger partial charge in [0.2, 0.25) is 0 Å². The SMILES string of the molecule is OC(C1CCCOC1)C(F)(F)Br. The van der Waals surface area contributed by atoms with Crippen molar-refractivity contribution in [1.29, 1.82) is 0 Å². The van der Waals surface area contributed by atoms with Gasteiger partial charge in [-0.25, -0.2) is 0 Å². The lowest BCUT2D eigenvalue weighted by Gasteiger charge is -2.28. The maximum Gasteiger partial charge on any atom is 0.327 e. The highest BCUT2D eigenvalue weighted by Crippen LogP contribution is 2.33. The Balaban J connectivity index is 2.45. The average Bonchev–Trinajstić information content (AvgIpc) is 2.03. The van der Waals surface area contributed by atoms with Gasteiger partial charge in [-0.15, -0.1) is 0 Å². The third kappa shape index (κ3) is 2.64. The number of rotatable bonds is 2. The fourth-order valence-electron chi connectivity index (χ4n) is 1.28. The smallest absolute Gasteiger partial charge is 0.327 e. The van der Waals surface area contributed by atoms with Crippen molar-refractivity contribution in [2.45, 2.75) is 23.8 Å². The molecular weight excluding hydrogens is 234 g/mol. The summed E-state index contributed by atoms with van der Waals surface area (Å²) < 4.78 is 30.0. The Morgan fingerprint density at radius 3 is 2.67 bits per heavy atom. The Kier molecular flexibility index (Phi) is 3.43. The molecule has 72 valence electrons. The molecule has 0 radical (unpaired) electrons. The Hall–Kier alpha value is 0.260. The van der Waals surface area contributed by atoms with E-state index in [4.69, 9.17) is 9.84 Å². The molecule has 0 saturated carbocycles. The molecule has 2 nitrogen and oxygen atoms in total. The molecule has 12 heavy (non-hydrogen) atoms. The molecule has 0 aromatic rings. The predicted octanol–water partition coefficient (Wildman–Crippen LogP) is 1.76. The molecule has 0 aromatic carbocycles. The van der Waals surface area contributed by atoms with E-state index in [2.05, 4.69) is 15.9 Å². The first-order valence-corrected chi connectivity index (χ1v) is 4.63. The summed E-state index contributed by atoms with van der Waals surface area (Å²) in [5.74, 6) is -0.451. The molecule has 0 aliphatic carbocycles. The van der Waals surface area contributed by atoms with Crippen LogP contribution in [0, 0.1) is 5.92 Å². The highest BCUT2D eigenvalue weighted by molar-refractivity contribution is 9.10. The van der Waals surface area contributed by atoms with Gasteiger partial charge in [0.1, 0.15) is 6.10 Å². The van der Waals surface area contributed by atoms with Gasteiger partial charge in [-0.05, 0) is 28.8 Å². The topological polar surface area (TPSA) is 29.5 Å². The number of halogens is 3. The number of aliphatic hydroxyl groups is 1. The molecule has 2 atom stereocenters. The van der Waals surface area contributed by atoms with E-state index >= 15 is 0 Å². The van der Waals surface area contributed by atoms with Crippen LogP contribution in [0.1, 0.15) is 12.8 Å². The lowest BCUT2D eigenvalue weighted by Crippen LogP contribution is -2.38. The second kappa shape index (κ2) is 3.98. The zero-order valence-corrected chi connectivity index (χ0v) is 8.06. The number of aliphatic hydroxyl groups excluding tert-OH is 1. The third-order valence-electron chi connectivity index (χ3n) is 1.98. The monoisotopic (exact) mass is 244 g/mol. The van der Waals surface area contributed by atoms with Crippen molar-refractivity contribution in [3.05, 3.63) is 0 Å². The second-order valence-electron chi connectivity index (χ2n) is 2.96. The van der Waals surface area contributed by atoms with E-state index in [1.807, 2.05) is 0 Å². The quantitative estimate of drug-likeness (QED) is 0.751. The number of hydrogen-bond donors (Lipinski definition) is 1. The van der Waals surface area contributed by atoms with Gasteiger partial charge in [0.25, 0.3) is 0 Å². The first kappa shape index (κ1) is 10.3. The maximum atomic E-state index is 12.5. The summed E-state index contributed by atoms with van der Waals surface area (Å²) in [5, 5.41) is 9.13. The van der Waals surface area contributed by atoms with Crippen molar-refractivity contribution < 1.29 is 18.6 Å². The summed E-state index contributed by atoms with van der Waals surface area (Å²) >= 11 is 2.14. The summed E-state index contributed by atoms with van der Waals surface area (Å²) in [7, 11) is 0. The van der Waals surface area contributed by atoms with Crippen LogP contribution in [0.25, 0.3) is 0 Å². The van der Waals surface area contributed by atoms with Gasteiger partial charge in [0.05, 0.1) is 6.61 Å². The molecule has 1 N–H and O–H groups in total. The fourth-order valence-corrected chi connectivity index (χ4v) is 1.66. The van der Waals surface area contributed by atoms with E-state index in [0.717, 1.165) is 6.42 Å². The van der Waals surface area contributed by atoms with E-state index in [1.165, 1.54) is 0 Å². The molecule has 1 rings (SSSR count). The largest absolute Gasteiger partial charge is 0.385 e. The Morgan fingerprint density at radius 2 is 2.25 bits per heavy atom. The molecule has 1 aliphatic heterocycles. The van der Waals surface area contributed by atoms with Crippen molar-refractivity contribution in [2.75, 3.05) is 13.2 Å². The maximum absolute atomic E-state index is 12.5. The van der Waals surface area contributed by atoms with E-state index in [9.17, 15) is 8.78 Å². The molecule has 0 bridgehead atoms. The minimum Gasteiger partial charge on any atom is -0.385 e. The normalized spacial score (nSPS) is 28.5. The van der Waals surface area contributed by atoms with Crippen LogP contribution in [0.4, 0.5) is 8.78 Å². The Labute approximate surface area is 78.0 Å². The van der Waals surface area contributed by atoms with Crippen LogP contribution in [0.5, 0.6) is 0 Å². The Bertz CT molecular complexity index is 143. The molecule has 1 fully saturated rings. The summed E-state index contributed by atoms with van der Waals surface area (Å²) in [5.41, 5.74) is 0. The lowest BCUT2D eigenvalue weighted by molar-refractivity contribution is -0.0934.